The summed E-state index contributed by atoms with van der Waals surface area (Å²) in [6.07, 6.45) is 1.68. The first-order valence-electron chi connectivity index (χ1n) is 6.25. The van der Waals surface area contributed by atoms with Crippen LogP contribution in [0.1, 0.15) is 16.1 Å². The summed E-state index contributed by atoms with van der Waals surface area (Å²) >= 11 is 3.34. The van der Waals surface area contributed by atoms with Gasteiger partial charge in [-0.25, -0.2) is 9.07 Å². The lowest BCUT2D eigenvalue weighted by Gasteiger charge is -2.01. The van der Waals surface area contributed by atoms with Gasteiger partial charge in [0.2, 0.25) is 5.78 Å². The number of rotatable bonds is 3. The van der Waals surface area contributed by atoms with Gasteiger partial charge in [0.15, 0.2) is 0 Å². The first kappa shape index (κ1) is 13.7. The SMILES string of the molecule is O=C(c1cccc(Br)c1)c1ccn(-c2ccc(F)cc2)n1. The Morgan fingerprint density at radius 3 is 2.57 bits per heavy atom. The number of hydrogen-bond acceptors (Lipinski definition) is 2. The van der Waals surface area contributed by atoms with Crippen molar-refractivity contribution in [2.45, 2.75) is 0 Å². The van der Waals surface area contributed by atoms with Crippen LogP contribution in [0.25, 0.3) is 5.69 Å². The Kier molecular flexibility index (Phi) is 3.66. The van der Waals surface area contributed by atoms with Crippen LogP contribution in [-0.2, 0) is 0 Å². The van der Waals surface area contributed by atoms with Gasteiger partial charge in [-0.15, -0.1) is 0 Å². The van der Waals surface area contributed by atoms with Crippen LogP contribution in [0.5, 0.6) is 0 Å². The van der Waals surface area contributed by atoms with Crippen molar-refractivity contribution < 1.29 is 9.18 Å². The molecule has 0 fully saturated rings. The standard InChI is InChI=1S/C16H10BrFN2O/c17-12-3-1-2-11(10-12)16(21)15-8-9-20(19-15)14-6-4-13(18)5-7-14/h1-10H. The third-order valence-electron chi connectivity index (χ3n) is 3.00. The van der Waals surface area contributed by atoms with Crippen LogP contribution in [-0.4, -0.2) is 15.6 Å². The quantitative estimate of drug-likeness (QED) is 0.673. The monoisotopic (exact) mass is 344 g/mol. The van der Waals surface area contributed by atoms with Gasteiger partial charge in [-0.3, -0.25) is 4.79 Å². The Hall–Kier alpha value is -2.27. The predicted molar refractivity (Wildman–Crippen MR) is 81.1 cm³/mol. The highest BCUT2D eigenvalue weighted by molar-refractivity contribution is 9.10. The molecule has 3 rings (SSSR count). The highest BCUT2D eigenvalue weighted by atomic mass is 79.9. The second kappa shape index (κ2) is 5.61. The van der Waals surface area contributed by atoms with Gasteiger partial charge in [0.1, 0.15) is 11.5 Å². The van der Waals surface area contributed by atoms with E-state index in [0.717, 1.165) is 4.47 Å². The summed E-state index contributed by atoms with van der Waals surface area (Å²) in [6, 6.07) is 14.7. The number of aromatic nitrogens is 2. The fourth-order valence-electron chi connectivity index (χ4n) is 1.96. The van der Waals surface area contributed by atoms with Crippen LogP contribution < -0.4 is 0 Å². The molecule has 0 saturated heterocycles. The fourth-order valence-corrected chi connectivity index (χ4v) is 2.36. The van der Waals surface area contributed by atoms with E-state index in [1.54, 1.807) is 47.3 Å². The van der Waals surface area contributed by atoms with Crippen LogP contribution in [0.4, 0.5) is 4.39 Å². The van der Waals surface area contributed by atoms with Gasteiger partial charge in [0.05, 0.1) is 5.69 Å². The van der Waals surface area contributed by atoms with E-state index in [2.05, 4.69) is 21.0 Å². The zero-order valence-electron chi connectivity index (χ0n) is 10.8. The number of halogens is 2. The Balaban J connectivity index is 1.91. The number of nitrogens with zero attached hydrogens (tertiary/aromatic N) is 2. The van der Waals surface area contributed by atoms with Crippen molar-refractivity contribution in [1.82, 2.24) is 9.78 Å². The smallest absolute Gasteiger partial charge is 0.213 e. The molecule has 0 atom stereocenters. The molecule has 0 aliphatic rings. The summed E-state index contributed by atoms with van der Waals surface area (Å²) in [6.45, 7) is 0. The van der Waals surface area contributed by atoms with Crippen LogP contribution in [0.15, 0.2) is 65.3 Å². The average molecular weight is 345 g/mol. The molecule has 0 saturated carbocycles. The number of carbonyl (C=O) groups is 1. The molecule has 0 amide bonds. The normalized spacial score (nSPS) is 10.6. The summed E-state index contributed by atoms with van der Waals surface area (Å²) < 4.78 is 15.3. The molecule has 104 valence electrons. The summed E-state index contributed by atoms with van der Waals surface area (Å²) in [4.78, 5) is 12.3. The first-order chi connectivity index (χ1) is 10.1. The van der Waals surface area contributed by atoms with Gasteiger partial charge in [0, 0.05) is 16.2 Å². The van der Waals surface area contributed by atoms with E-state index in [1.807, 2.05) is 6.07 Å². The van der Waals surface area contributed by atoms with Crippen molar-refractivity contribution in [2.75, 3.05) is 0 Å². The molecule has 21 heavy (non-hydrogen) atoms. The highest BCUT2D eigenvalue weighted by Crippen LogP contribution is 2.16. The topological polar surface area (TPSA) is 34.9 Å². The lowest BCUT2D eigenvalue weighted by Crippen LogP contribution is -2.04. The second-order valence-electron chi connectivity index (χ2n) is 4.46. The Morgan fingerprint density at radius 2 is 1.86 bits per heavy atom. The van der Waals surface area contributed by atoms with E-state index in [1.165, 1.54) is 12.1 Å². The Morgan fingerprint density at radius 1 is 1.10 bits per heavy atom. The van der Waals surface area contributed by atoms with Crippen molar-refractivity contribution >= 4 is 21.7 Å². The molecule has 1 heterocycles. The number of ketones is 1. The molecule has 3 nitrogen and oxygen atoms in total. The van der Waals surface area contributed by atoms with E-state index in [-0.39, 0.29) is 11.6 Å². The van der Waals surface area contributed by atoms with Gasteiger partial charge in [-0.05, 0) is 42.5 Å². The maximum Gasteiger partial charge on any atom is 0.213 e. The molecule has 5 heteroatoms. The van der Waals surface area contributed by atoms with Crippen molar-refractivity contribution in [3.8, 4) is 5.69 Å². The maximum absolute atomic E-state index is 12.9. The molecule has 0 aliphatic heterocycles. The molecule has 3 aromatic rings. The largest absolute Gasteiger partial charge is 0.287 e. The molecule has 0 radical (unpaired) electrons. The minimum Gasteiger partial charge on any atom is -0.287 e. The Bertz CT molecular complexity index is 796. The lowest BCUT2D eigenvalue weighted by atomic mass is 10.1. The van der Waals surface area contributed by atoms with Gasteiger partial charge in [-0.2, -0.15) is 5.10 Å². The van der Waals surface area contributed by atoms with E-state index >= 15 is 0 Å². The van der Waals surface area contributed by atoms with Crippen LogP contribution in [0.3, 0.4) is 0 Å². The minimum absolute atomic E-state index is 0.155. The van der Waals surface area contributed by atoms with Gasteiger partial charge >= 0.3 is 0 Å². The molecule has 2 aromatic carbocycles. The molecule has 0 aliphatic carbocycles. The van der Waals surface area contributed by atoms with Gasteiger partial charge in [0.25, 0.3) is 0 Å². The molecule has 0 unspecified atom stereocenters. The Labute approximate surface area is 129 Å². The van der Waals surface area contributed by atoms with Crippen molar-refractivity contribution in [1.29, 1.82) is 0 Å². The average Bonchev–Trinajstić information content (AvgIpc) is 2.97. The number of hydrogen-bond donors (Lipinski definition) is 0. The van der Waals surface area contributed by atoms with Crippen LogP contribution >= 0.6 is 15.9 Å². The van der Waals surface area contributed by atoms with Crippen LogP contribution in [0.2, 0.25) is 0 Å². The summed E-state index contributed by atoms with van der Waals surface area (Å²) in [7, 11) is 0. The van der Waals surface area contributed by atoms with Crippen molar-refractivity contribution in [3.05, 3.63) is 82.3 Å². The summed E-state index contributed by atoms with van der Waals surface area (Å²) in [5.74, 6) is -0.464. The summed E-state index contributed by atoms with van der Waals surface area (Å²) in [5, 5.41) is 4.25. The predicted octanol–water partition coefficient (Wildman–Crippen LogP) is 4.00. The van der Waals surface area contributed by atoms with Gasteiger partial charge < -0.3 is 0 Å². The third kappa shape index (κ3) is 2.92. The lowest BCUT2D eigenvalue weighted by molar-refractivity contribution is 0.103. The fraction of sp³-hybridized carbons (Fsp3) is 0. The minimum atomic E-state index is -0.309. The van der Waals surface area contributed by atoms with Crippen LogP contribution in [0, 0.1) is 5.82 Å². The molecular formula is C16H10BrFN2O. The van der Waals surface area contributed by atoms with E-state index in [4.69, 9.17) is 0 Å². The van der Waals surface area contributed by atoms with E-state index < -0.39 is 0 Å². The number of benzene rings is 2. The zero-order valence-corrected chi connectivity index (χ0v) is 12.4. The van der Waals surface area contributed by atoms with E-state index in [9.17, 15) is 9.18 Å². The molecule has 0 bridgehead atoms. The molecule has 0 spiro atoms. The molecule has 0 N–H and O–H groups in total. The van der Waals surface area contributed by atoms with Crippen molar-refractivity contribution in [2.24, 2.45) is 0 Å². The zero-order chi connectivity index (χ0) is 14.8. The van der Waals surface area contributed by atoms with Gasteiger partial charge in [-0.1, -0.05) is 28.1 Å². The second-order valence-corrected chi connectivity index (χ2v) is 5.38. The van der Waals surface area contributed by atoms with Crippen molar-refractivity contribution in [3.63, 3.8) is 0 Å². The molecular weight excluding hydrogens is 335 g/mol. The maximum atomic E-state index is 12.9. The molecule has 1 aromatic heterocycles. The third-order valence-corrected chi connectivity index (χ3v) is 3.49. The highest BCUT2D eigenvalue weighted by Gasteiger charge is 2.13. The number of carbonyl (C=O) groups excluding carboxylic acids is 1. The first-order valence-corrected chi connectivity index (χ1v) is 7.05. The van der Waals surface area contributed by atoms with E-state index in [0.29, 0.717) is 16.9 Å². The summed E-state index contributed by atoms with van der Waals surface area (Å²) in [5.41, 5.74) is 1.61.